The molecule has 4 N–H and O–H groups in total. The maximum Gasteiger partial charge on any atom is 0.333 e. The van der Waals surface area contributed by atoms with Crippen molar-refractivity contribution in [1.82, 2.24) is 18.3 Å². The van der Waals surface area contributed by atoms with Gasteiger partial charge >= 0.3 is 11.4 Å². The number of aryl methyl sites for hydroxylation is 2. The number of nitrogens with zero attached hydrogens (tertiary/aromatic N) is 4. The summed E-state index contributed by atoms with van der Waals surface area (Å²) >= 11 is 0. The predicted molar refractivity (Wildman–Crippen MR) is 238 cm³/mol. The van der Waals surface area contributed by atoms with Gasteiger partial charge in [0, 0.05) is 43.0 Å². The van der Waals surface area contributed by atoms with Gasteiger partial charge in [0.2, 0.25) is 0 Å². The summed E-state index contributed by atoms with van der Waals surface area (Å²) in [6.45, 7) is 23.4. The summed E-state index contributed by atoms with van der Waals surface area (Å²) < 4.78 is 63.2. The lowest BCUT2D eigenvalue weighted by molar-refractivity contribution is -0.0567. The molecule has 21 heteroatoms. The second kappa shape index (κ2) is 18.1. The second-order valence-electron chi connectivity index (χ2n) is 20.1. The maximum atomic E-state index is 14.5. The van der Waals surface area contributed by atoms with Gasteiger partial charge in [0.1, 0.15) is 24.5 Å². The summed E-state index contributed by atoms with van der Waals surface area (Å²) in [4.78, 5) is 54.3. The van der Waals surface area contributed by atoms with Crippen molar-refractivity contribution in [3.8, 4) is 0 Å². The molecule has 2 aromatic rings. The zero-order chi connectivity index (χ0) is 46.5. The molecule has 18 nitrogen and oxygen atoms in total. The van der Waals surface area contributed by atoms with Gasteiger partial charge in [0.25, 0.3) is 21.2 Å². The number of ether oxygens (including phenoxy) is 2. The zero-order valence-electron chi connectivity index (χ0n) is 38.4. The van der Waals surface area contributed by atoms with E-state index in [1.54, 1.807) is 13.8 Å². The lowest BCUT2D eigenvalue weighted by Gasteiger charge is -2.43. The monoisotopic (exact) mass is 927 g/mol. The molecule has 3 aliphatic rings. The Kier molecular flexibility index (Phi) is 14.6. The Balaban J connectivity index is 1.37. The number of aliphatic hydroxyl groups excluding tert-OH is 2. The van der Waals surface area contributed by atoms with Crippen LogP contribution < -0.4 is 28.2 Å². The van der Waals surface area contributed by atoms with Crippen LogP contribution in [0.5, 0.6) is 0 Å². The van der Waals surface area contributed by atoms with Crippen LogP contribution in [0, 0.1) is 13.8 Å². The Labute approximate surface area is 366 Å². The van der Waals surface area contributed by atoms with Crippen molar-refractivity contribution in [3.05, 3.63) is 76.3 Å². The van der Waals surface area contributed by atoms with Crippen molar-refractivity contribution in [1.29, 1.82) is 0 Å². The first-order valence-corrected chi connectivity index (χ1v) is 28.8. The number of rotatable bonds is 16. The molecule has 2 fully saturated rings. The molecule has 62 heavy (non-hydrogen) atoms. The van der Waals surface area contributed by atoms with E-state index in [9.17, 15) is 37.8 Å². The number of hydrogen-bond donors (Lipinski definition) is 3. The van der Waals surface area contributed by atoms with Crippen molar-refractivity contribution in [2.45, 2.75) is 186 Å². The fourth-order valence-corrected chi connectivity index (χ4v) is 11.1. The van der Waals surface area contributed by atoms with Gasteiger partial charge in [0.15, 0.2) is 28.5 Å². The summed E-state index contributed by atoms with van der Waals surface area (Å²) in [6.07, 6.45) is -0.295. The van der Waals surface area contributed by atoms with Gasteiger partial charge in [-0.1, -0.05) is 60.8 Å². The third kappa shape index (κ3) is 9.81. The molecule has 3 aliphatic heterocycles. The van der Waals surface area contributed by atoms with Crippen molar-refractivity contribution < 1.29 is 41.1 Å². The standard InChI is InChI=1S/C41H69N5O13SSi2/c1-26-21-45(32-20-28(48)29(23-47)56-32)37(51)43(34(26)49)18-16-14-13-15-17-19-44-35(50)27(2)22-46(38(44)52)36-33(58-62(11,12)40(6,7)8)41(30(42)25-60(53,54)59-41)31(57-36)24-55-61(9,10)39(3,4)5/h21-22,25,28-29,31-33,36,47-48H,13-20,23-24,42H2,1-12H3/t28?,29?,31?,32?,33-,36+,41?/m0/s1. The van der Waals surface area contributed by atoms with E-state index in [1.807, 2.05) is 33.9 Å². The molecule has 2 saturated heterocycles. The third-order valence-electron chi connectivity index (χ3n) is 13.5. The summed E-state index contributed by atoms with van der Waals surface area (Å²) in [5.41, 5.74) is 3.12. The SMILES string of the molecule is Cc1cn(C2CC(O)C(CO)O2)c(=O)n(CCCCCCCn2c(=O)c(C)cn([C@@H]3OC(CO[Si](C)(C)C(C)(C)C)C4(OS(=O)(=O)C=C4N)[C@H]3O[Si](C)(C)C(C)(C)C)c2=O)c1=O. The van der Waals surface area contributed by atoms with E-state index < -0.39 is 98.3 Å². The topological polar surface area (TPSA) is 235 Å². The summed E-state index contributed by atoms with van der Waals surface area (Å²) in [7, 11) is -9.52. The van der Waals surface area contributed by atoms with Crippen LogP contribution in [0.2, 0.25) is 36.3 Å². The van der Waals surface area contributed by atoms with Gasteiger partial charge in [-0.15, -0.1) is 0 Å². The van der Waals surface area contributed by atoms with Crippen molar-refractivity contribution in [2.24, 2.45) is 5.73 Å². The summed E-state index contributed by atoms with van der Waals surface area (Å²) in [5, 5.41) is 20.0. The Morgan fingerprint density at radius 1 is 0.823 bits per heavy atom. The smallest absolute Gasteiger partial charge is 0.333 e. The van der Waals surface area contributed by atoms with Gasteiger partial charge in [-0.2, -0.15) is 8.42 Å². The molecule has 5 rings (SSSR count). The van der Waals surface area contributed by atoms with Gasteiger partial charge in [-0.25, -0.2) is 13.8 Å². The van der Waals surface area contributed by atoms with Gasteiger partial charge < -0.3 is 34.3 Å². The molecule has 7 atom stereocenters. The number of nitrogens with two attached hydrogens (primary N) is 1. The highest BCUT2D eigenvalue weighted by atomic mass is 32.2. The van der Waals surface area contributed by atoms with Gasteiger partial charge in [-0.3, -0.25) is 27.9 Å². The highest BCUT2D eigenvalue weighted by Gasteiger charge is 2.67. The van der Waals surface area contributed by atoms with E-state index in [4.69, 9.17) is 28.2 Å². The number of aromatic nitrogens is 4. The normalized spacial score (nSPS) is 26.8. The van der Waals surface area contributed by atoms with Crippen LogP contribution in [-0.2, 0) is 45.7 Å². The molecule has 0 amide bonds. The Bertz CT molecular complexity index is 2360. The van der Waals surface area contributed by atoms with E-state index in [0.717, 1.165) is 14.5 Å². The average molecular weight is 928 g/mol. The van der Waals surface area contributed by atoms with Crippen LogP contribution in [-0.4, -0.2) is 96.8 Å². The molecule has 0 saturated carbocycles. The first kappa shape index (κ1) is 50.0. The van der Waals surface area contributed by atoms with Crippen molar-refractivity contribution >= 4 is 26.8 Å². The van der Waals surface area contributed by atoms with Crippen LogP contribution in [0.15, 0.2) is 42.7 Å². The lowest BCUT2D eigenvalue weighted by Crippen LogP contribution is -2.59. The highest BCUT2D eigenvalue weighted by molar-refractivity contribution is 7.90. The van der Waals surface area contributed by atoms with Crippen LogP contribution in [0.4, 0.5) is 0 Å². The molecule has 0 aromatic carbocycles. The van der Waals surface area contributed by atoms with Gasteiger partial charge in [-0.05, 0) is 63.0 Å². The average Bonchev–Trinajstić information content (AvgIpc) is 3.76. The number of aliphatic hydroxyl groups is 2. The first-order chi connectivity index (χ1) is 28.5. The first-order valence-electron chi connectivity index (χ1n) is 21.5. The molecule has 0 radical (unpaired) electrons. The fraction of sp³-hybridized carbons (Fsp3) is 0.756. The molecule has 2 aromatic heterocycles. The Morgan fingerprint density at radius 2 is 1.32 bits per heavy atom. The molecule has 5 unspecified atom stereocenters. The summed E-state index contributed by atoms with van der Waals surface area (Å²) in [5.74, 6) is 0. The number of unbranched alkanes of at least 4 members (excludes halogenated alkanes) is 4. The maximum absolute atomic E-state index is 14.5. The highest BCUT2D eigenvalue weighted by Crippen LogP contribution is 2.52. The minimum Gasteiger partial charge on any atom is -0.414 e. The van der Waals surface area contributed by atoms with Crippen LogP contribution >= 0.6 is 0 Å². The Hall–Kier alpha value is -3.00. The van der Waals surface area contributed by atoms with E-state index in [0.29, 0.717) is 37.7 Å². The van der Waals surface area contributed by atoms with Crippen LogP contribution in [0.3, 0.4) is 0 Å². The second-order valence-corrected chi connectivity index (χ2v) is 31.1. The van der Waals surface area contributed by atoms with Gasteiger partial charge in [0.05, 0.1) is 30.4 Å². The minimum atomic E-state index is -4.29. The largest absolute Gasteiger partial charge is 0.414 e. The lowest BCUT2D eigenvalue weighted by atomic mass is 9.89. The molecule has 0 aliphatic carbocycles. The zero-order valence-corrected chi connectivity index (χ0v) is 41.2. The van der Waals surface area contributed by atoms with Crippen molar-refractivity contribution in [2.75, 3.05) is 13.2 Å². The van der Waals surface area contributed by atoms with E-state index in [2.05, 4.69) is 33.9 Å². The summed E-state index contributed by atoms with van der Waals surface area (Å²) in [6, 6.07) is 0. The van der Waals surface area contributed by atoms with E-state index in [1.165, 1.54) is 21.5 Å². The fourth-order valence-electron chi connectivity index (χ4n) is 7.63. The molecular formula is C41H69N5O13SSi2. The van der Waals surface area contributed by atoms with Crippen LogP contribution in [0.25, 0.3) is 0 Å². The molecule has 1 spiro atoms. The molecule has 350 valence electrons. The Morgan fingerprint density at radius 3 is 1.79 bits per heavy atom. The van der Waals surface area contributed by atoms with E-state index in [-0.39, 0.29) is 47.5 Å². The van der Waals surface area contributed by atoms with Crippen molar-refractivity contribution in [3.63, 3.8) is 0 Å². The van der Waals surface area contributed by atoms with E-state index >= 15 is 0 Å². The minimum absolute atomic E-state index is 0.0833. The van der Waals surface area contributed by atoms with Crippen LogP contribution in [0.1, 0.15) is 104 Å². The number of hydrogen-bond acceptors (Lipinski definition) is 14. The molecule has 0 bridgehead atoms. The molecular weight excluding hydrogens is 859 g/mol. The molecule has 5 heterocycles. The third-order valence-corrected chi connectivity index (χ3v) is 23.5. The predicted octanol–water partition coefficient (Wildman–Crippen LogP) is 3.45. The quantitative estimate of drug-likeness (QED) is 0.124.